The molecule has 0 spiro atoms. The standard InChI is InChI=1S/C25H25N3OS/c1-17(2)14-18-8-10-20(11-9-18)23(29)16-30-25-27-26-24(28(25)3)22-13-12-19-6-4-5-7-21(19)15-22/h4-13,15,17H,14,16H2,1-3H3. The monoisotopic (exact) mass is 415 g/mol. The molecular weight excluding hydrogens is 390 g/mol. The summed E-state index contributed by atoms with van der Waals surface area (Å²) < 4.78 is 1.95. The molecule has 0 aliphatic rings. The average Bonchev–Trinajstić information content (AvgIpc) is 3.12. The van der Waals surface area contributed by atoms with Crippen molar-refractivity contribution in [3.05, 3.63) is 77.9 Å². The van der Waals surface area contributed by atoms with Crippen molar-refractivity contribution >= 4 is 28.3 Å². The lowest BCUT2D eigenvalue weighted by atomic mass is 10.0. The Morgan fingerprint density at radius 2 is 1.70 bits per heavy atom. The van der Waals surface area contributed by atoms with Crippen LogP contribution in [0.1, 0.15) is 29.8 Å². The Bertz CT molecular complexity index is 1180. The molecule has 0 saturated carbocycles. The molecule has 152 valence electrons. The number of hydrogen-bond donors (Lipinski definition) is 0. The Balaban J connectivity index is 1.45. The zero-order chi connectivity index (χ0) is 21.1. The lowest BCUT2D eigenvalue weighted by Gasteiger charge is -2.07. The second-order valence-electron chi connectivity index (χ2n) is 7.93. The van der Waals surface area contributed by atoms with E-state index in [4.69, 9.17) is 0 Å². The second kappa shape index (κ2) is 8.84. The minimum absolute atomic E-state index is 0.103. The number of thioether (sulfide) groups is 1. The number of carbonyl (C=O) groups excluding carboxylic acids is 1. The molecule has 0 aliphatic carbocycles. The highest BCUT2D eigenvalue weighted by Crippen LogP contribution is 2.26. The number of fused-ring (bicyclic) bond motifs is 1. The molecule has 5 heteroatoms. The van der Waals surface area contributed by atoms with Gasteiger partial charge in [-0.05, 0) is 34.7 Å². The maximum atomic E-state index is 12.6. The first-order chi connectivity index (χ1) is 14.5. The predicted molar refractivity (Wildman–Crippen MR) is 124 cm³/mol. The highest BCUT2D eigenvalue weighted by atomic mass is 32.2. The van der Waals surface area contributed by atoms with Gasteiger partial charge in [0.15, 0.2) is 16.8 Å². The number of Topliss-reactive ketones (excluding diaryl/α,β-unsaturated/α-hetero) is 1. The molecule has 4 rings (SSSR count). The topological polar surface area (TPSA) is 47.8 Å². The van der Waals surface area contributed by atoms with E-state index in [2.05, 4.69) is 66.5 Å². The van der Waals surface area contributed by atoms with E-state index in [9.17, 15) is 4.79 Å². The molecule has 0 aliphatic heterocycles. The third-order valence-electron chi connectivity index (χ3n) is 5.09. The van der Waals surface area contributed by atoms with Crippen LogP contribution in [-0.2, 0) is 13.5 Å². The van der Waals surface area contributed by atoms with E-state index in [0.717, 1.165) is 28.5 Å². The van der Waals surface area contributed by atoms with Crippen molar-refractivity contribution < 1.29 is 4.79 Å². The van der Waals surface area contributed by atoms with Crippen molar-refractivity contribution in [1.29, 1.82) is 0 Å². The normalized spacial score (nSPS) is 11.3. The van der Waals surface area contributed by atoms with Crippen LogP contribution in [0.4, 0.5) is 0 Å². The molecule has 0 radical (unpaired) electrons. The van der Waals surface area contributed by atoms with Gasteiger partial charge in [0.25, 0.3) is 0 Å². The number of benzene rings is 3. The van der Waals surface area contributed by atoms with Gasteiger partial charge in [-0.3, -0.25) is 4.79 Å². The Labute approximate surface area is 181 Å². The van der Waals surface area contributed by atoms with Crippen LogP contribution >= 0.6 is 11.8 Å². The number of nitrogens with zero attached hydrogens (tertiary/aromatic N) is 3. The van der Waals surface area contributed by atoms with E-state index in [1.54, 1.807) is 0 Å². The lowest BCUT2D eigenvalue weighted by molar-refractivity contribution is 0.102. The summed E-state index contributed by atoms with van der Waals surface area (Å²) in [6, 6.07) is 22.5. The molecule has 0 saturated heterocycles. The van der Waals surface area contributed by atoms with Gasteiger partial charge in [0.2, 0.25) is 0 Å². The van der Waals surface area contributed by atoms with E-state index >= 15 is 0 Å². The molecular formula is C25H25N3OS. The number of rotatable bonds is 7. The molecule has 0 amide bonds. The first-order valence-corrected chi connectivity index (χ1v) is 11.1. The summed E-state index contributed by atoms with van der Waals surface area (Å²) in [6.07, 6.45) is 1.03. The SMILES string of the molecule is CC(C)Cc1ccc(C(=O)CSc2nnc(-c3ccc4ccccc4c3)n2C)cc1. The molecule has 0 bridgehead atoms. The quantitative estimate of drug-likeness (QED) is 0.282. The maximum absolute atomic E-state index is 12.6. The van der Waals surface area contributed by atoms with Crippen LogP contribution < -0.4 is 0 Å². The Morgan fingerprint density at radius 3 is 2.43 bits per heavy atom. The summed E-state index contributed by atoms with van der Waals surface area (Å²) in [5.74, 6) is 1.85. The predicted octanol–water partition coefficient (Wildman–Crippen LogP) is 5.81. The molecule has 4 nitrogen and oxygen atoms in total. The van der Waals surface area contributed by atoms with Gasteiger partial charge in [-0.25, -0.2) is 0 Å². The van der Waals surface area contributed by atoms with Gasteiger partial charge in [-0.1, -0.05) is 86.3 Å². The molecule has 0 fully saturated rings. The fourth-order valence-electron chi connectivity index (χ4n) is 3.53. The highest BCUT2D eigenvalue weighted by Gasteiger charge is 2.14. The van der Waals surface area contributed by atoms with Crippen LogP contribution in [0.15, 0.2) is 71.9 Å². The first-order valence-electron chi connectivity index (χ1n) is 10.1. The summed E-state index contributed by atoms with van der Waals surface area (Å²) in [5, 5.41) is 11.8. The highest BCUT2D eigenvalue weighted by molar-refractivity contribution is 7.99. The summed E-state index contributed by atoms with van der Waals surface area (Å²) in [7, 11) is 1.94. The number of aromatic nitrogens is 3. The van der Waals surface area contributed by atoms with Crippen molar-refractivity contribution in [2.45, 2.75) is 25.4 Å². The van der Waals surface area contributed by atoms with Gasteiger partial charge in [0.1, 0.15) is 0 Å². The first kappa shape index (κ1) is 20.4. The minimum atomic E-state index is 0.103. The Hall–Kier alpha value is -2.92. The summed E-state index contributed by atoms with van der Waals surface area (Å²) in [5.41, 5.74) is 3.03. The molecule has 0 atom stereocenters. The Morgan fingerprint density at radius 1 is 0.967 bits per heavy atom. The van der Waals surface area contributed by atoms with Gasteiger partial charge in [-0.15, -0.1) is 10.2 Å². The van der Waals surface area contributed by atoms with Crippen molar-refractivity contribution in [2.24, 2.45) is 13.0 Å². The van der Waals surface area contributed by atoms with Crippen LogP contribution in [0.2, 0.25) is 0 Å². The maximum Gasteiger partial charge on any atom is 0.191 e. The van der Waals surface area contributed by atoms with E-state index < -0.39 is 0 Å². The van der Waals surface area contributed by atoms with Crippen LogP contribution in [0.3, 0.4) is 0 Å². The van der Waals surface area contributed by atoms with Gasteiger partial charge in [-0.2, -0.15) is 0 Å². The number of ketones is 1. The third kappa shape index (κ3) is 4.46. The molecule has 3 aromatic carbocycles. The molecule has 4 aromatic rings. The van der Waals surface area contributed by atoms with E-state index in [1.807, 2.05) is 35.9 Å². The number of hydrogen-bond acceptors (Lipinski definition) is 4. The average molecular weight is 416 g/mol. The molecule has 1 heterocycles. The van der Waals surface area contributed by atoms with Gasteiger partial charge < -0.3 is 4.57 Å². The van der Waals surface area contributed by atoms with Crippen molar-refractivity contribution in [3.63, 3.8) is 0 Å². The molecule has 0 N–H and O–H groups in total. The molecule has 1 aromatic heterocycles. The van der Waals surface area contributed by atoms with Gasteiger partial charge >= 0.3 is 0 Å². The van der Waals surface area contributed by atoms with Crippen molar-refractivity contribution in [1.82, 2.24) is 14.8 Å². The lowest BCUT2D eigenvalue weighted by Crippen LogP contribution is -2.04. The summed E-state index contributed by atoms with van der Waals surface area (Å²) >= 11 is 1.42. The van der Waals surface area contributed by atoms with Crippen LogP contribution in [0.25, 0.3) is 22.2 Å². The largest absolute Gasteiger partial charge is 0.305 e. The third-order valence-corrected chi connectivity index (χ3v) is 6.12. The van der Waals surface area contributed by atoms with Crippen molar-refractivity contribution in [3.8, 4) is 11.4 Å². The van der Waals surface area contributed by atoms with Crippen LogP contribution in [-0.4, -0.2) is 26.3 Å². The fraction of sp³-hybridized carbons (Fsp3) is 0.240. The molecule has 0 unspecified atom stereocenters. The molecule has 30 heavy (non-hydrogen) atoms. The van der Waals surface area contributed by atoms with E-state index in [-0.39, 0.29) is 5.78 Å². The Kier molecular flexibility index (Phi) is 6.00. The fourth-order valence-corrected chi connectivity index (χ4v) is 4.34. The van der Waals surface area contributed by atoms with E-state index in [0.29, 0.717) is 11.7 Å². The smallest absolute Gasteiger partial charge is 0.191 e. The van der Waals surface area contributed by atoms with Gasteiger partial charge in [0, 0.05) is 18.2 Å². The van der Waals surface area contributed by atoms with Crippen LogP contribution in [0.5, 0.6) is 0 Å². The number of carbonyl (C=O) groups is 1. The van der Waals surface area contributed by atoms with Crippen LogP contribution in [0, 0.1) is 5.92 Å². The zero-order valence-corrected chi connectivity index (χ0v) is 18.3. The second-order valence-corrected chi connectivity index (χ2v) is 8.88. The van der Waals surface area contributed by atoms with E-state index in [1.165, 1.54) is 28.1 Å². The zero-order valence-electron chi connectivity index (χ0n) is 17.5. The summed E-state index contributed by atoms with van der Waals surface area (Å²) in [4.78, 5) is 12.6. The minimum Gasteiger partial charge on any atom is -0.305 e. The van der Waals surface area contributed by atoms with Crippen molar-refractivity contribution in [2.75, 3.05) is 5.75 Å². The van der Waals surface area contributed by atoms with Gasteiger partial charge in [0.05, 0.1) is 5.75 Å². The summed E-state index contributed by atoms with van der Waals surface area (Å²) in [6.45, 7) is 4.39.